The van der Waals surface area contributed by atoms with E-state index in [1.807, 2.05) is 30.3 Å². The van der Waals surface area contributed by atoms with Crippen molar-refractivity contribution in [3.63, 3.8) is 0 Å². The van der Waals surface area contributed by atoms with Gasteiger partial charge in [-0.2, -0.15) is 5.10 Å². The molecule has 1 heterocycles. The number of carboxylic acid groups (broad SMARTS) is 1. The van der Waals surface area contributed by atoms with E-state index in [1.165, 1.54) is 20.3 Å². The molecule has 0 spiro atoms. The third-order valence-corrected chi connectivity index (χ3v) is 3.72. The van der Waals surface area contributed by atoms with Crippen LogP contribution in [-0.2, 0) is 0 Å². The van der Waals surface area contributed by atoms with Gasteiger partial charge in [-0.1, -0.05) is 30.3 Å². The molecule has 2 N–H and O–H groups in total. The molecule has 0 radical (unpaired) electrons. The number of ether oxygens (including phenoxy) is 2. The summed E-state index contributed by atoms with van der Waals surface area (Å²) in [6.07, 6.45) is 1.64. The second-order valence-electron chi connectivity index (χ2n) is 5.09. The zero-order valence-corrected chi connectivity index (χ0v) is 13.2. The first kappa shape index (κ1) is 15.6. The lowest BCUT2D eigenvalue weighted by Gasteiger charge is -2.14. The van der Waals surface area contributed by atoms with Crippen molar-refractivity contribution in [3.05, 3.63) is 54.2 Å². The van der Waals surface area contributed by atoms with Crippen LogP contribution in [0, 0.1) is 0 Å². The first-order valence-corrected chi connectivity index (χ1v) is 7.24. The lowest BCUT2D eigenvalue weighted by molar-refractivity contribution is 0.0696. The van der Waals surface area contributed by atoms with Crippen molar-refractivity contribution in [2.45, 2.75) is 0 Å². The van der Waals surface area contributed by atoms with Gasteiger partial charge in [-0.05, 0) is 12.1 Å². The fourth-order valence-electron chi connectivity index (χ4n) is 2.60. The van der Waals surface area contributed by atoms with Crippen LogP contribution in [0.4, 0.5) is 0 Å². The predicted molar refractivity (Wildman–Crippen MR) is 89.5 cm³/mol. The Bertz CT molecular complexity index is 872. The Morgan fingerprint density at radius 1 is 1.08 bits per heavy atom. The van der Waals surface area contributed by atoms with Crippen LogP contribution in [0.5, 0.6) is 11.5 Å². The van der Waals surface area contributed by atoms with Crippen molar-refractivity contribution < 1.29 is 19.4 Å². The molecule has 0 aliphatic heterocycles. The molecular weight excluding hydrogens is 308 g/mol. The van der Waals surface area contributed by atoms with Gasteiger partial charge in [-0.15, -0.1) is 0 Å². The maximum atomic E-state index is 11.4. The first-order chi connectivity index (χ1) is 11.7. The highest BCUT2D eigenvalue weighted by Crippen LogP contribution is 2.42. The van der Waals surface area contributed by atoms with Crippen LogP contribution >= 0.6 is 0 Å². The van der Waals surface area contributed by atoms with Gasteiger partial charge in [0, 0.05) is 16.7 Å². The molecule has 0 fully saturated rings. The summed E-state index contributed by atoms with van der Waals surface area (Å²) in [5.41, 5.74) is 3.16. The third kappa shape index (κ3) is 2.69. The van der Waals surface area contributed by atoms with Gasteiger partial charge in [0.25, 0.3) is 0 Å². The molecule has 122 valence electrons. The van der Waals surface area contributed by atoms with E-state index in [9.17, 15) is 9.90 Å². The molecule has 0 aliphatic carbocycles. The van der Waals surface area contributed by atoms with E-state index in [1.54, 1.807) is 12.3 Å². The van der Waals surface area contributed by atoms with Crippen LogP contribution in [0.3, 0.4) is 0 Å². The van der Waals surface area contributed by atoms with E-state index >= 15 is 0 Å². The number of aromatic nitrogens is 2. The zero-order valence-electron chi connectivity index (χ0n) is 13.2. The average molecular weight is 324 g/mol. The topological polar surface area (TPSA) is 84.4 Å². The molecule has 6 nitrogen and oxygen atoms in total. The molecule has 0 bridgehead atoms. The summed E-state index contributed by atoms with van der Waals surface area (Å²) >= 11 is 0. The maximum Gasteiger partial charge on any atom is 0.335 e. The van der Waals surface area contributed by atoms with Crippen LogP contribution in [-0.4, -0.2) is 35.5 Å². The van der Waals surface area contributed by atoms with Crippen LogP contribution in [0.1, 0.15) is 10.4 Å². The molecule has 0 unspecified atom stereocenters. The maximum absolute atomic E-state index is 11.4. The van der Waals surface area contributed by atoms with Crippen molar-refractivity contribution in [1.29, 1.82) is 0 Å². The Morgan fingerprint density at radius 3 is 2.46 bits per heavy atom. The summed E-state index contributed by atoms with van der Waals surface area (Å²) in [7, 11) is 2.99. The van der Waals surface area contributed by atoms with E-state index in [0.29, 0.717) is 17.1 Å². The van der Waals surface area contributed by atoms with Crippen molar-refractivity contribution in [2.24, 2.45) is 0 Å². The minimum Gasteiger partial charge on any atom is -0.493 e. The lowest BCUT2D eigenvalue weighted by Crippen LogP contribution is -2.01. The van der Waals surface area contributed by atoms with Gasteiger partial charge < -0.3 is 14.6 Å². The molecule has 0 atom stereocenters. The minimum atomic E-state index is -1.04. The molecule has 2 aromatic carbocycles. The number of hydrogen-bond acceptors (Lipinski definition) is 4. The SMILES string of the molecule is COc1cc(C(=O)O)cc(-c2cn[nH]c2-c2ccccc2)c1OC. The monoisotopic (exact) mass is 324 g/mol. The highest BCUT2D eigenvalue weighted by Gasteiger charge is 2.20. The highest BCUT2D eigenvalue weighted by atomic mass is 16.5. The largest absolute Gasteiger partial charge is 0.493 e. The summed E-state index contributed by atoms with van der Waals surface area (Å²) < 4.78 is 10.7. The summed E-state index contributed by atoms with van der Waals surface area (Å²) in [4.78, 5) is 11.4. The zero-order chi connectivity index (χ0) is 17.1. The van der Waals surface area contributed by atoms with Crippen LogP contribution in [0.2, 0.25) is 0 Å². The van der Waals surface area contributed by atoms with Crippen molar-refractivity contribution >= 4 is 5.97 Å². The average Bonchev–Trinajstić information content (AvgIpc) is 3.10. The third-order valence-electron chi connectivity index (χ3n) is 3.72. The van der Waals surface area contributed by atoms with Gasteiger partial charge in [-0.3, -0.25) is 5.10 Å². The van der Waals surface area contributed by atoms with Gasteiger partial charge >= 0.3 is 5.97 Å². The Kier molecular flexibility index (Phi) is 4.20. The number of benzene rings is 2. The molecule has 3 rings (SSSR count). The normalized spacial score (nSPS) is 10.4. The summed E-state index contributed by atoms with van der Waals surface area (Å²) in [5.74, 6) is -0.226. The number of H-pyrrole nitrogens is 1. The highest BCUT2D eigenvalue weighted by molar-refractivity contribution is 5.93. The lowest BCUT2D eigenvalue weighted by atomic mass is 9.98. The number of methoxy groups -OCH3 is 2. The molecule has 0 saturated heterocycles. The van der Waals surface area contributed by atoms with Crippen LogP contribution in [0.15, 0.2) is 48.7 Å². The number of carbonyl (C=O) groups is 1. The second-order valence-corrected chi connectivity index (χ2v) is 5.09. The van der Waals surface area contributed by atoms with Gasteiger partial charge in [0.05, 0.1) is 31.7 Å². The van der Waals surface area contributed by atoms with Gasteiger partial charge in [0.15, 0.2) is 11.5 Å². The standard InChI is InChI=1S/C18H16N2O4/c1-23-15-9-12(18(21)22)8-13(17(15)24-2)14-10-19-20-16(14)11-6-4-3-5-7-11/h3-10H,1-2H3,(H,19,20)(H,21,22). The number of aromatic amines is 1. The Morgan fingerprint density at radius 2 is 1.83 bits per heavy atom. The summed E-state index contributed by atoms with van der Waals surface area (Å²) in [6, 6.07) is 12.7. The van der Waals surface area contributed by atoms with E-state index in [2.05, 4.69) is 10.2 Å². The smallest absolute Gasteiger partial charge is 0.335 e. The molecule has 0 saturated carbocycles. The van der Waals surface area contributed by atoms with Crippen molar-refractivity contribution in [2.75, 3.05) is 14.2 Å². The Hall–Kier alpha value is -3.28. The fraction of sp³-hybridized carbons (Fsp3) is 0.111. The summed E-state index contributed by atoms with van der Waals surface area (Å²) in [5, 5.41) is 16.4. The minimum absolute atomic E-state index is 0.114. The molecule has 6 heteroatoms. The van der Waals surface area contributed by atoms with E-state index in [0.717, 1.165) is 16.8 Å². The molecule has 1 aromatic heterocycles. The Balaban J connectivity index is 2.25. The summed E-state index contributed by atoms with van der Waals surface area (Å²) in [6.45, 7) is 0. The molecule has 24 heavy (non-hydrogen) atoms. The molecule has 3 aromatic rings. The number of hydrogen-bond donors (Lipinski definition) is 2. The number of aromatic carboxylic acids is 1. The van der Waals surface area contributed by atoms with E-state index in [4.69, 9.17) is 9.47 Å². The van der Waals surface area contributed by atoms with Crippen molar-refractivity contribution in [1.82, 2.24) is 10.2 Å². The van der Waals surface area contributed by atoms with E-state index in [-0.39, 0.29) is 5.56 Å². The van der Waals surface area contributed by atoms with Gasteiger partial charge in [0.2, 0.25) is 0 Å². The second kappa shape index (κ2) is 6.45. The van der Waals surface area contributed by atoms with Crippen LogP contribution in [0.25, 0.3) is 22.4 Å². The van der Waals surface area contributed by atoms with E-state index < -0.39 is 5.97 Å². The fourth-order valence-corrected chi connectivity index (χ4v) is 2.60. The van der Waals surface area contributed by atoms with Gasteiger partial charge in [-0.25, -0.2) is 4.79 Å². The van der Waals surface area contributed by atoms with Crippen molar-refractivity contribution in [3.8, 4) is 33.9 Å². The van der Waals surface area contributed by atoms with Gasteiger partial charge in [0.1, 0.15) is 0 Å². The quantitative estimate of drug-likeness (QED) is 0.751. The number of carboxylic acids is 1. The predicted octanol–water partition coefficient (Wildman–Crippen LogP) is 3.46. The number of nitrogens with one attached hydrogen (secondary N) is 1. The molecular formula is C18H16N2O4. The number of nitrogens with zero attached hydrogens (tertiary/aromatic N) is 1. The molecule has 0 amide bonds. The molecule has 0 aliphatic rings. The van der Waals surface area contributed by atoms with Crippen LogP contribution < -0.4 is 9.47 Å². The number of rotatable bonds is 5. The Labute approximate surface area is 138 Å². The first-order valence-electron chi connectivity index (χ1n) is 7.24.